The van der Waals surface area contributed by atoms with E-state index in [0.717, 1.165) is 5.56 Å². The standard InChI is InChI=1S/C15H15N3O2S/c1-16-13(19)11-6-4-10(5-7-11)9-18-14(20)12-3-2-8-17-15(12)21/h2-8H,9H2,1H3,(H,16,19)(H,17,21)(H,18,20). The SMILES string of the molecule is CNC(=O)c1ccc(CNC(=O)c2ccc[nH]c2=S)cc1. The predicted octanol–water partition coefficient (Wildman–Crippen LogP) is 2.03. The zero-order valence-corrected chi connectivity index (χ0v) is 12.3. The number of benzene rings is 1. The van der Waals surface area contributed by atoms with Gasteiger partial charge >= 0.3 is 0 Å². The van der Waals surface area contributed by atoms with Crippen LogP contribution in [0.4, 0.5) is 0 Å². The average molecular weight is 301 g/mol. The Morgan fingerprint density at radius 2 is 1.86 bits per heavy atom. The van der Waals surface area contributed by atoms with Crippen molar-refractivity contribution in [2.75, 3.05) is 7.05 Å². The number of carbonyl (C=O) groups is 2. The van der Waals surface area contributed by atoms with Gasteiger partial charge in [0, 0.05) is 25.4 Å². The van der Waals surface area contributed by atoms with Crippen LogP contribution in [0.1, 0.15) is 26.3 Å². The molecular weight excluding hydrogens is 286 g/mol. The molecule has 0 radical (unpaired) electrons. The van der Waals surface area contributed by atoms with E-state index in [2.05, 4.69) is 15.6 Å². The Labute approximate surface area is 127 Å². The minimum atomic E-state index is -0.229. The summed E-state index contributed by atoms with van der Waals surface area (Å²) in [5.74, 6) is -0.367. The summed E-state index contributed by atoms with van der Waals surface area (Å²) in [7, 11) is 1.58. The quantitative estimate of drug-likeness (QED) is 0.757. The average Bonchev–Trinajstić information content (AvgIpc) is 2.52. The first-order chi connectivity index (χ1) is 10.1. The highest BCUT2D eigenvalue weighted by molar-refractivity contribution is 7.71. The van der Waals surface area contributed by atoms with Gasteiger partial charge in [-0.3, -0.25) is 9.59 Å². The number of H-pyrrole nitrogens is 1. The molecule has 0 aliphatic carbocycles. The summed E-state index contributed by atoms with van der Waals surface area (Å²) in [6.07, 6.45) is 1.68. The zero-order chi connectivity index (χ0) is 15.2. The molecule has 0 unspecified atom stereocenters. The maximum absolute atomic E-state index is 12.0. The van der Waals surface area contributed by atoms with Crippen molar-refractivity contribution >= 4 is 24.0 Å². The topological polar surface area (TPSA) is 74.0 Å². The summed E-state index contributed by atoms with van der Waals surface area (Å²) >= 11 is 5.06. The number of hydrogen-bond donors (Lipinski definition) is 3. The molecule has 0 fully saturated rings. The molecule has 5 nitrogen and oxygen atoms in total. The summed E-state index contributed by atoms with van der Waals surface area (Å²) in [6, 6.07) is 10.4. The third-order valence-electron chi connectivity index (χ3n) is 2.96. The van der Waals surface area contributed by atoms with Crippen LogP contribution in [0.2, 0.25) is 0 Å². The fourth-order valence-corrected chi connectivity index (χ4v) is 2.03. The number of hydrogen-bond acceptors (Lipinski definition) is 3. The van der Waals surface area contributed by atoms with Crippen molar-refractivity contribution in [1.29, 1.82) is 0 Å². The highest BCUT2D eigenvalue weighted by Crippen LogP contribution is 2.05. The van der Waals surface area contributed by atoms with Gasteiger partial charge in [-0.15, -0.1) is 0 Å². The molecule has 0 spiro atoms. The van der Waals surface area contributed by atoms with Crippen LogP contribution in [0.5, 0.6) is 0 Å². The highest BCUT2D eigenvalue weighted by Gasteiger charge is 2.07. The first-order valence-corrected chi connectivity index (χ1v) is 6.79. The van der Waals surface area contributed by atoms with Crippen molar-refractivity contribution in [3.8, 4) is 0 Å². The Kier molecular flexibility index (Phi) is 4.84. The van der Waals surface area contributed by atoms with Gasteiger partial charge in [0.1, 0.15) is 4.64 Å². The van der Waals surface area contributed by atoms with Crippen LogP contribution in [0.15, 0.2) is 42.6 Å². The smallest absolute Gasteiger partial charge is 0.254 e. The van der Waals surface area contributed by atoms with Crippen molar-refractivity contribution in [3.63, 3.8) is 0 Å². The number of aromatic nitrogens is 1. The van der Waals surface area contributed by atoms with Gasteiger partial charge in [0.05, 0.1) is 5.56 Å². The fraction of sp³-hybridized carbons (Fsp3) is 0.133. The first kappa shape index (κ1) is 14.9. The Balaban J connectivity index is 2.00. The van der Waals surface area contributed by atoms with Gasteiger partial charge in [-0.1, -0.05) is 24.4 Å². The van der Waals surface area contributed by atoms with Crippen molar-refractivity contribution in [2.45, 2.75) is 6.54 Å². The summed E-state index contributed by atoms with van der Waals surface area (Å²) in [5.41, 5.74) is 1.93. The number of carbonyl (C=O) groups excluding carboxylic acids is 2. The maximum atomic E-state index is 12.0. The molecule has 3 N–H and O–H groups in total. The molecule has 2 aromatic rings. The maximum Gasteiger partial charge on any atom is 0.254 e. The van der Waals surface area contributed by atoms with E-state index in [4.69, 9.17) is 12.2 Å². The van der Waals surface area contributed by atoms with E-state index >= 15 is 0 Å². The molecule has 0 aliphatic rings. The molecule has 1 aromatic heterocycles. The van der Waals surface area contributed by atoms with Gasteiger partial charge in [0.25, 0.3) is 11.8 Å². The van der Waals surface area contributed by atoms with Gasteiger partial charge in [-0.2, -0.15) is 0 Å². The lowest BCUT2D eigenvalue weighted by Gasteiger charge is -2.06. The van der Waals surface area contributed by atoms with Gasteiger partial charge in [-0.25, -0.2) is 0 Å². The molecule has 1 heterocycles. The van der Waals surface area contributed by atoms with Gasteiger partial charge in [0.15, 0.2) is 0 Å². The largest absolute Gasteiger partial charge is 0.355 e. The minimum Gasteiger partial charge on any atom is -0.355 e. The Morgan fingerprint density at radius 1 is 1.14 bits per heavy atom. The molecule has 2 rings (SSSR count). The minimum absolute atomic E-state index is 0.138. The lowest BCUT2D eigenvalue weighted by molar-refractivity contribution is 0.0945. The number of nitrogens with one attached hydrogen (secondary N) is 3. The van der Waals surface area contributed by atoms with Crippen molar-refractivity contribution in [2.24, 2.45) is 0 Å². The van der Waals surface area contributed by atoms with E-state index in [1.165, 1.54) is 0 Å². The lowest BCUT2D eigenvalue weighted by atomic mass is 10.1. The molecule has 1 aromatic carbocycles. The summed E-state index contributed by atoms with van der Waals surface area (Å²) in [4.78, 5) is 26.2. The van der Waals surface area contributed by atoms with E-state index in [1.54, 1.807) is 49.6 Å². The number of amides is 2. The van der Waals surface area contributed by atoms with E-state index < -0.39 is 0 Å². The lowest BCUT2D eigenvalue weighted by Crippen LogP contribution is -2.23. The third kappa shape index (κ3) is 3.76. The van der Waals surface area contributed by atoms with Crippen LogP contribution in [-0.2, 0) is 6.54 Å². The van der Waals surface area contributed by atoms with E-state index in [0.29, 0.717) is 22.3 Å². The van der Waals surface area contributed by atoms with Gasteiger partial charge < -0.3 is 15.6 Å². The summed E-state index contributed by atoms with van der Waals surface area (Å²) in [6.45, 7) is 0.372. The molecule has 0 aliphatic heterocycles. The van der Waals surface area contributed by atoms with Gasteiger partial charge in [0.2, 0.25) is 0 Å². The molecule has 6 heteroatoms. The molecule has 0 atom stereocenters. The van der Waals surface area contributed by atoms with Gasteiger partial charge in [-0.05, 0) is 29.8 Å². The molecular formula is C15H15N3O2S. The summed E-state index contributed by atoms with van der Waals surface area (Å²) in [5, 5.41) is 5.35. The van der Waals surface area contributed by atoms with Crippen LogP contribution in [0.3, 0.4) is 0 Å². The van der Waals surface area contributed by atoms with E-state index in [1.807, 2.05) is 0 Å². The van der Waals surface area contributed by atoms with Crippen LogP contribution in [-0.4, -0.2) is 23.8 Å². The second kappa shape index (κ2) is 6.81. The number of aromatic amines is 1. The van der Waals surface area contributed by atoms with Crippen LogP contribution < -0.4 is 10.6 Å². The molecule has 108 valence electrons. The Morgan fingerprint density at radius 3 is 2.48 bits per heavy atom. The predicted molar refractivity (Wildman–Crippen MR) is 82.6 cm³/mol. The third-order valence-corrected chi connectivity index (χ3v) is 3.30. The number of pyridine rings is 1. The van der Waals surface area contributed by atoms with Crippen molar-refractivity contribution in [3.05, 3.63) is 63.9 Å². The van der Waals surface area contributed by atoms with Crippen LogP contribution >= 0.6 is 12.2 Å². The molecule has 0 saturated carbocycles. The van der Waals surface area contributed by atoms with Crippen LogP contribution in [0, 0.1) is 4.64 Å². The second-order valence-corrected chi connectivity index (χ2v) is 4.78. The fourth-order valence-electron chi connectivity index (χ4n) is 1.80. The van der Waals surface area contributed by atoms with Crippen LogP contribution in [0.25, 0.3) is 0 Å². The number of rotatable bonds is 4. The van der Waals surface area contributed by atoms with Crippen molar-refractivity contribution in [1.82, 2.24) is 15.6 Å². The van der Waals surface area contributed by atoms with Crippen molar-refractivity contribution < 1.29 is 9.59 Å². The molecule has 21 heavy (non-hydrogen) atoms. The second-order valence-electron chi connectivity index (χ2n) is 4.37. The molecule has 2 amide bonds. The molecule has 0 saturated heterocycles. The first-order valence-electron chi connectivity index (χ1n) is 6.38. The highest BCUT2D eigenvalue weighted by atomic mass is 32.1. The Bertz CT molecular complexity index is 707. The summed E-state index contributed by atoms with van der Waals surface area (Å²) < 4.78 is 0.407. The van der Waals surface area contributed by atoms with E-state index in [9.17, 15) is 9.59 Å². The normalized spacial score (nSPS) is 9.95. The monoisotopic (exact) mass is 301 g/mol. The molecule has 0 bridgehead atoms. The Hall–Kier alpha value is -2.47. The zero-order valence-electron chi connectivity index (χ0n) is 11.5. The van der Waals surface area contributed by atoms with E-state index in [-0.39, 0.29) is 11.8 Å².